The number of methoxy groups -OCH3 is 1. The van der Waals surface area contributed by atoms with Crippen molar-refractivity contribution in [2.45, 2.75) is 13.8 Å². The van der Waals surface area contributed by atoms with Gasteiger partial charge in [0.1, 0.15) is 23.0 Å². The number of aryl methyl sites for hydroxylation is 1. The number of para-hydroxylation sites is 2. The van der Waals surface area contributed by atoms with E-state index in [-0.39, 0.29) is 5.56 Å². The maximum atomic E-state index is 12.1. The van der Waals surface area contributed by atoms with Gasteiger partial charge in [-0.1, -0.05) is 24.8 Å². The lowest BCUT2D eigenvalue weighted by atomic mass is 9.95. The van der Waals surface area contributed by atoms with Gasteiger partial charge in [-0.05, 0) is 67.5 Å². The van der Waals surface area contributed by atoms with E-state index in [0.29, 0.717) is 46.6 Å². The minimum Gasteiger partial charge on any atom is -0.497 e. The summed E-state index contributed by atoms with van der Waals surface area (Å²) in [5.41, 5.74) is 10.3. The van der Waals surface area contributed by atoms with Crippen molar-refractivity contribution in [1.29, 1.82) is 0 Å². The molecule has 0 radical (unpaired) electrons. The van der Waals surface area contributed by atoms with E-state index in [0.717, 1.165) is 16.8 Å². The lowest BCUT2D eigenvalue weighted by Crippen LogP contribution is -2.09. The van der Waals surface area contributed by atoms with Gasteiger partial charge in [0.25, 0.3) is 0 Å². The molecule has 194 valence electrons. The number of carbonyl (C=O) groups is 1. The summed E-state index contributed by atoms with van der Waals surface area (Å²) < 4.78 is 12.8. The van der Waals surface area contributed by atoms with Crippen LogP contribution in [-0.4, -0.2) is 40.3 Å². The molecule has 0 spiro atoms. The molecule has 4 rings (SSSR count). The van der Waals surface area contributed by atoms with Crippen molar-refractivity contribution in [2.75, 3.05) is 19.0 Å². The third-order valence-corrected chi connectivity index (χ3v) is 5.83. The summed E-state index contributed by atoms with van der Waals surface area (Å²) in [6, 6.07) is 12.4. The first-order chi connectivity index (χ1) is 18.4. The zero-order valence-electron chi connectivity index (χ0n) is 21.4. The first-order valence-corrected chi connectivity index (χ1v) is 11.9. The summed E-state index contributed by atoms with van der Waals surface area (Å²) in [5, 5.41) is 18.1. The Kier molecular flexibility index (Phi) is 7.77. The van der Waals surface area contributed by atoms with Crippen molar-refractivity contribution < 1.29 is 19.4 Å². The number of nitrogens with one attached hydrogen (secondary N) is 1. The molecule has 0 saturated carbocycles. The fourth-order valence-electron chi connectivity index (χ4n) is 4.13. The van der Waals surface area contributed by atoms with Crippen LogP contribution in [-0.2, 0) is 0 Å². The SMILES string of the molecule is C=C1C=C(c2c(C)nn(-c3ccccc3OCC)c2Nc2ccc(OC)cc2C(=O)O)C=C/C1=N/C=C\N. The van der Waals surface area contributed by atoms with Crippen LogP contribution in [0.2, 0.25) is 0 Å². The Balaban J connectivity index is 1.93. The molecule has 0 fully saturated rings. The molecule has 1 aliphatic rings. The summed E-state index contributed by atoms with van der Waals surface area (Å²) in [6.07, 6.45) is 8.53. The van der Waals surface area contributed by atoms with Crippen LogP contribution >= 0.6 is 0 Å². The van der Waals surface area contributed by atoms with Gasteiger partial charge < -0.3 is 25.6 Å². The first-order valence-electron chi connectivity index (χ1n) is 11.9. The number of hydrogen-bond donors (Lipinski definition) is 3. The monoisotopic (exact) mass is 511 g/mol. The number of carboxylic acid groups (broad SMARTS) is 1. The number of benzene rings is 2. The molecule has 4 N–H and O–H groups in total. The van der Waals surface area contributed by atoms with Gasteiger partial charge >= 0.3 is 5.97 Å². The van der Waals surface area contributed by atoms with E-state index in [1.54, 1.807) is 16.8 Å². The Morgan fingerprint density at radius 3 is 2.74 bits per heavy atom. The zero-order chi connectivity index (χ0) is 27.2. The number of aromatic nitrogens is 2. The molecule has 1 aliphatic carbocycles. The third kappa shape index (κ3) is 5.22. The lowest BCUT2D eigenvalue weighted by molar-refractivity contribution is 0.0697. The predicted molar refractivity (Wildman–Crippen MR) is 150 cm³/mol. The van der Waals surface area contributed by atoms with E-state index in [2.05, 4.69) is 16.9 Å². The number of anilines is 2. The number of nitrogens with zero attached hydrogens (tertiary/aromatic N) is 3. The number of allylic oxidation sites excluding steroid dienone is 5. The summed E-state index contributed by atoms with van der Waals surface area (Å²) in [6.45, 7) is 8.41. The van der Waals surface area contributed by atoms with Crippen molar-refractivity contribution in [3.05, 3.63) is 102 Å². The number of ether oxygens (including phenoxy) is 2. The number of hydrogen-bond acceptors (Lipinski definition) is 7. The van der Waals surface area contributed by atoms with Crippen LogP contribution < -0.4 is 20.5 Å². The van der Waals surface area contributed by atoms with Crippen molar-refractivity contribution in [1.82, 2.24) is 9.78 Å². The highest BCUT2D eigenvalue weighted by molar-refractivity contribution is 6.15. The molecule has 1 heterocycles. The second-order valence-corrected chi connectivity index (χ2v) is 8.28. The molecule has 38 heavy (non-hydrogen) atoms. The van der Waals surface area contributed by atoms with Crippen LogP contribution in [0, 0.1) is 6.92 Å². The highest BCUT2D eigenvalue weighted by Gasteiger charge is 2.24. The number of aliphatic imine (C=N–C) groups is 1. The molecule has 9 heteroatoms. The Labute approximate surface area is 220 Å². The first kappa shape index (κ1) is 26.0. The largest absolute Gasteiger partial charge is 0.497 e. The van der Waals surface area contributed by atoms with Crippen LogP contribution in [0.4, 0.5) is 11.5 Å². The zero-order valence-corrected chi connectivity index (χ0v) is 21.4. The summed E-state index contributed by atoms with van der Waals surface area (Å²) >= 11 is 0. The summed E-state index contributed by atoms with van der Waals surface area (Å²) in [7, 11) is 1.49. The fourth-order valence-corrected chi connectivity index (χ4v) is 4.13. The lowest BCUT2D eigenvalue weighted by Gasteiger charge is -2.18. The average Bonchev–Trinajstić information content (AvgIpc) is 3.23. The third-order valence-electron chi connectivity index (χ3n) is 5.83. The number of nitrogens with two attached hydrogens (primary N) is 1. The van der Waals surface area contributed by atoms with E-state index in [4.69, 9.17) is 20.3 Å². The maximum absolute atomic E-state index is 12.1. The van der Waals surface area contributed by atoms with Gasteiger partial charge in [-0.3, -0.25) is 4.99 Å². The van der Waals surface area contributed by atoms with Crippen LogP contribution in [0.25, 0.3) is 11.3 Å². The highest BCUT2D eigenvalue weighted by Crippen LogP contribution is 2.38. The smallest absolute Gasteiger partial charge is 0.337 e. The molecular formula is C29H29N5O4. The second-order valence-electron chi connectivity index (χ2n) is 8.28. The molecule has 0 atom stereocenters. The minimum absolute atomic E-state index is 0.0550. The summed E-state index contributed by atoms with van der Waals surface area (Å²) in [4.78, 5) is 16.4. The summed E-state index contributed by atoms with van der Waals surface area (Å²) in [5.74, 6) is 0.547. The van der Waals surface area contributed by atoms with Crippen molar-refractivity contribution in [3.63, 3.8) is 0 Å². The highest BCUT2D eigenvalue weighted by atomic mass is 16.5. The molecule has 0 saturated heterocycles. The Bertz CT molecular complexity index is 1510. The van der Waals surface area contributed by atoms with E-state index in [1.807, 2.05) is 56.3 Å². The van der Waals surface area contributed by atoms with Crippen molar-refractivity contribution in [2.24, 2.45) is 10.7 Å². The van der Waals surface area contributed by atoms with Gasteiger partial charge in [0, 0.05) is 18.0 Å². The van der Waals surface area contributed by atoms with Crippen molar-refractivity contribution in [3.8, 4) is 17.2 Å². The molecule has 0 aliphatic heterocycles. The van der Waals surface area contributed by atoms with Gasteiger partial charge in [0.2, 0.25) is 0 Å². The predicted octanol–water partition coefficient (Wildman–Crippen LogP) is 5.41. The molecule has 3 aromatic rings. The number of carboxylic acids is 1. The normalized spacial score (nSPS) is 14.1. The van der Waals surface area contributed by atoms with Crippen LogP contribution in [0.15, 0.2) is 90.2 Å². The quantitative estimate of drug-likeness (QED) is 0.351. The molecule has 0 amide bonds. The van der Waals surface area contributed by atoms with E-state index in [1.165, 1.54) is 25.6 Å². The number of aromatic carboxylic acids is 1. The van der Waals surface area contributed by atoms with Gasteiger partial charge in [-0.25, -0.2) is 9.48 Å². The Morgan fingerprint density at radius 1 is 1.26 bits per heavy atom. The topological polar surface area (TPSA) is 124 Å². The second kappa shape index (κ2) is 11.3. The Morgan fingerprint density at radius 2 is 2.05 bits per heavy atom. The maximum Gasteiger partial charge on any atom is 0.337 e. The average molecular weight is 512 g/mol. The standard InChI is InChI=1S/C29H29N5O4/c1-5-38-26-9-7-6-8-25(26)34-28(32-24-13-11-21(37-4)17-22(24)29(35)36)27(19(3)33-34)20-10-12-23(18(2)16-20)31-15-14-30/h6-17,32H,2,5,30H2,1,3-4H3,(H,35,36)/b15-14-,31-23-. The van der Waals surface area contributed by atoms with Crippen LogP contribution in [0.5, 0.6) is 11.5 Å². The molecule has 1 aromatic heterocycles. The Hall–Kier alpha value is -5.05. The van der Waals surface area contributed by atoms with E-state index < -0.39 is 5.97 Å². The number of rotatable bonds is 9. The van der Waals surface area contributed by atoms with E-state index in [9.17, 15) is 9.90 Å². The molecule has 2 aromatic carbocycles. The van der Waals surface area contributed by atoms with Gasteiger partial charge in [0.05, 0.1) is 36.4 Å². The van der Waals surface area contributed by atoms with Crippen LogP contribution in [0.1, 0.15) is 28.5 Å². The molecular weight excluding hydrogens is 482 g/mol. The van der Waals surface area contributed by atoms with Crippen LogP contribution in [0.3, 0.4) is 0 Å². The fraction of sp³-hybridized carbons (Fsp3) is 0.138. The van der Waals surface area contributed by atoms with Crippen molar-refractivity contribution >= 4 is 28.8 Å². The molecule has 9 nitrogen and oxygen atoms in total. The molecule has 0 unspecified atom stereocenters. The van der Waals surface area contributed by atoms with E-state index >= 15 is 0 Å². The van der Waals surface area contributed by atoms with Gasteiger partial charge in [-0.15, -0.1) is 0 Å². The van der Waals surface area contributed by atoms with Gasteiger partial charge in [0.15, 0.2) is 0 Å². The van der Waals surface area contributed by atoms with Gasteiger partial charge in [-0.2, -0.15) is 5.10 Å². The minimum atomic E-state index is -1.09. The molecule has 0 bridgehead atoms.